The maximum atomic E-state index is 11.5. The highest BCUT2D eigenvalue weighted by Gasteiger charge is 2.23. The fourth-order valence-corrected chi connectivity index (χ4v) is 3.27. The Labute approximate surface area is 164 Å². The normalized spacial score (nSPS) is 13.7. The van der Waals surface area contributed by atoms with E-state index in [1.807, 2.05) is 35.9 Å². The van der Waals surface area contributed by atoms with Gasteiger partial charge in [-0.05, 0) is 60.4 Å². The first-order chi connectivity index (χ1) is 13.0. The van der Waals surface area contributed by atoms with Crippen LogP contribution in [-0.4, -0.2) is 43.8 Å². The number of hydrogen-bond donors (Lipinski definition) is 3. The molecular weight excluding hydrogens is 362 g/mol. The maximum Gasteiger partial charge on any atom is 0.337 e. The van der Waals surface area contributed by atoms with Crippen molar-refractivity contribution in [1.82, 2.24) is 10.6 Å². The van der Waals surface area contributed by atoms with Crippen LogP contribution in [0.5, 0.6) is 0 Å². The van der Waals surface area contributed by atoms with Crippen LogP contribution in [-0.2, 0) is 16.8 Å². The largest absolute Gasteiger partial charge is 0.465 e. The zero-order valence-corrected chi connectivity index (χ0v) is 16.8. The molecule has 146 valence electrons. The lowest BCUT2D eigenvalue weighted by atomic mass is 10.00. The molecule has 0 fully saturated rings. The molecule has 1 aromatic heterocycles. The number of hydrogen-bond acceptors (Lipinski definition) is 5. The lowest BCUT2D eigenvalue weighted by Gasteiger charge is -2.21. The van der Waals surface area contributed by atoms with Crippen LogP contribution in [0.15, 0.2) is 46.1 Å². The molecule has 1 aromatic carbocycles. The molecule has 3 N–H and O–H groups in total. The van der Waals surface area contributed by atoms with Gasteiger partial charge in [0, 0.05) is 13.1 Å². The highest BCUT2D eigenvalue weighted by molar-refractivity contribution is 7.08. The van der Waals surface area contributed by atoms with Crippen LogP contribution < -0.4 is 10.6 Å². The number of aliphatic hydroxyl groups is 1. The average Bonchev–Trinajstić information content (AvgIpc) is 3.22. The van der Waals surface area contributed by atoms with Gasteiger partial charge >= 0.3 is 5.97 Å². The lowest BCUT2D eigenvalue weighted by Crippen LogP contribution is -2.39. The van der Waals surface area contributed by atoms with Gasteiger partial charge in [-0.1, -0.05) is 12.1 Å². The van der Waals surface area contributed by atoms with Gasteiger partial charge in [0.2, 0.25) is 0 Å². The summed E-state index contributed by atoms with van der Waals surface area (Å²) in [5.41, 5.74) is 1.53. The minimum absolute atomic E-state index is 0.271. The second-order valence-corrected chi connectivity index (χ2v) is 7.13. The zero-order valence-electron chi connectivity index (χ0n) is 16.0. The first-order valence-corrected chi connectivity index (χ1v) is 9.85. The summed E-state index contributed by atoms with van der Waals surface area (Å²) in [6.45, 7) is 5.46. The van der Waals surface area contributed by atoms with Gasteiger partial charge < -0.3 is 20.5 Å². The summed E-state index contributed by atoms with van der Waals surface area (Å²) in [5.74, 6) is 0.332. The van der Waals surface area contributed by atoms with Crippen molar-refractivity contribution in [3.05, 3.63) is 57.8 Å². The molecule has 2 rings (SSSR count). The Balaban J connectivity index is 1.89. The van der Waals surface area contributed by atoms with E-state index in [2.05, 4.69) is 15.6 Å². The van der Waals surface area contributed by atoms with Gasteiger partial charge in [0.25, 0.3) is 0 Å². The molecule has 0 aliphatic carbocycles. The van der Waals surface area contributed by atoms with E-state index in [-0.39, 0.29) is 12.5 Å². The quantitative estimate of drug-likeness (QED) is 0.367. The van der Waals surface area contributed by atoms with E-state index in [1.54, 1.807) is 30.4 Å². The van der Waals surface area contributed by atoms with E-state index in [0.29, 0.717) is 18.1 Å². The Morgan fingerprint density at radius 1 is 1.26 bits per heavy atom. The van der Waals surface area contributed by atoms with Crippen molar-refractivity contribution < 1.29 is 14.6 Å². The number of rotatable bonds is 8. The van der Waals surface area contributed by atoms with Crippen LogP contribution in [0.1, 0.15) is 35.3 Å². The van der Waals surface area contributed by atoms with E-state index in [0.717, 1.165) is 24.1 Å². The van der Waals surface area contributed by atoms with Gasteiger partial charge in [0.15, 0.2) is 5.96 Å². The summed E-state index contributed by atoms with van der Waals surface area (Å²) in [5, 5.41) is 20.9. The number of benzene rings is 1. The third-order valence-electron chi connectivity index (χ3n) is 4.11. The number of nitrogens with one attached hydrogen (secondary N) is 2. The number of guanidine groups is 1. The second kappa shape index (κ2) is 10.1. The Kier molecular flexibility index (Phi) is 7.82. The van der Waals surface area contributed by atoms with Crippen molar-refractivity contribution in [3.63, 3.8) is 0 Å². The smallest absolute Gasteiger partial charge is 0.337 e. The third kappa shape index (κ3) is 6.37. The molecule has 0 bridgehead atoms. The predicted octanol–water partition coefficient (Wildman–Crippen LogP) is 2.54. The molecule has 0 aliphatic heterocycles. The van der Waals surface area contributed by atoms with Crippen molar-refractivity contribution in [2.24, 2.45) is 4.99 Å². The molecule has 6 nitrogen and oxygen atoms in total. The van der Waals surface area contributed by atoms with Crippen LogP contribution in [0.4, 0.5) is 0 Å². The van der Waals surface area contributed by atoms with Crippen LogP contribution in [0.2, 0.25) is 0 Å². The molecule has 0 radical (unpaired) electrons. The second-order valence-electron chi connectivity index (χ2n) is 6.35. The Morgan fingerprint density at radius 2 is 2.00 bits per heavy atom. The van der Waals surface area contributed by atoms with E-state index < -0.39 is 5.60 Å². The number of thiophene rings is 1. The fraction of sp³-hybridized carbons (Fsp3) is 0.400. The number of carbonyl (C=O) groups excluding carboxylic acids is 1. The maximum absolute atomic E-state index is 11.5. The summed E-state index contributed by atoms with van der Waals surface area (Å²) in [4.78, 5) is 16.0. The van der Waals surface area contributed by atoms with Crippen molar-refractivity contribution in [1.29, 1.82) is 0 Å². The van der Waals surface area contributed by atoms with Crippen molar-refractivity contribution in [2.45, 2.75) is 25.9 Å². The molecule has 7 heteroatoms. The van der Waals surface area contributed by atoms with Crippen LogP contribution in [0.3, 0.4) is 0 Å². The summed E-state index contributed by atoms with van der Waals surface area (Å²) in [6, 6.07) is 9.27. The number of ether oxygens (including phenoxy) is 1. The zero-order chi connectivity index (χ0) is 19.7. The molecular formula is C20H27N3O3S. The summed E-state index contributed by atoms with van der Waals surface area (Å²) < 4.78 is 4.70. The SMILES string of the molecule is CCNC(=NCC(C)(O)c1ccsc1)NCCc1ccc(C(=O)OC)cc1. The Morgan fingerprint density at radius 3 is 2.59 bits per heavy atom. The first-order valence-electron chi connectivity index (χ1n) is 8.90. The summed E-state index contributed by atoms with van der Waals surface area (Å²) in [6.07, 6.45) is 0.785. The summed E-state index contributed by atoms with van der Waals surface area (Å²) >= 11 is 1.56. The molecule has 2 aromatic rings. The molecule has 0 saturated heterocycles. The van der Waals surface area contributed by atoms with Crippen molar-refractivity contribution in [2.75, 3.05) is 26.7 Å². The third-order valence-corrected chi connectivity index (χ3v) is 4.80. The fourth-order valence-electron chi connectivity index (χ4n) is 2.49. The highest BCUT2D eigenvalue weighted by atomic mass is 32.1. The topological polar surface area (TPSA) is 83.0 Å². The highest BCUT2D eigenvalue weighted by Crippen LogP contribution is 2.23. The van der Waals surface area contributed by atoms with Crippen LogP contribution in [0.25, 0.3) is 0 Å². The molecule has 0 aliphatic rings. The van der Waals surface area contributed by atoms with Gasteiger partial charge in [0.1, 0.15) is 5.60 Å². The average molecular weight is 390 g/mol. The van der Waals surface area contributed by atoms with Gasteiger partial charge in [-0.3, -0.25) is 0 Å². The first kappa shape index (κ1) is 20.9. The number of methoxy groups -OCH3 is 1. The molecule has 1 atom stereocenters. The number of aliphatic imine (C=N–C) groups is 1. The van der Waals surface area contributed by atoms with Gasteiger partial charge in [-0.25, -0.2) is 9.79 Å². The van der Waals surface area contributed by atoms with Gasteiger partial charge in [-0.15, -0.1) is 0 Å². The van der Waals surface area contributed by atoms with Crippen molar-refractivity contribution >= 4 is 23.3 Å². The number of nitrogens with zero attached hydrogens (tertiary/aromatic N) is 1. The van der Waals surface area contributed by atoms with E-state index >= 15 is 0 Å². The lowest BCUT2D eigenvalue weighted by molar-refractivity contribution is 0.0600. The molecule has 0 saturated carbocycles. The minimum Gasteiger partial charge on any atom is -0.465 e. The number of carbonyl (C=O) groups is 1. The Hall–Kier alpha value is -2.38. The molecule has 1 heterocycles. The molecule has 1 unspecified atom stereocenters. The minimum atomic E-state index is -0.994. The standard InChI is InChI=1S/C20H27N3O3S/c1-4-21-19(23-14-20(2,25)17-10-12-27-13-17)22-11-9-15-5-7-16(8-6-15)18(24)26-3/h5-8,10,12-13,25H,4,9,11,14H2,1-3H3,(H2,21,22,23). The van der Waals surface area contributed by atoms with Crippen LogP contribution >= 0.6 is 11.3 Å². The van der Waals surface area contributed by atoms with E-state index in [9.17, 15) is 9.90 Å². The molecule has 0 amide bonds. The monoisotopic (exact) mass is 389 g/mol. The summed E-state index contributed by atoms with van der Waals surface area (Å²) in [7, 11) is 1.37. The van der Waals surface area contributed by atoms with E-state index in [1.165, 1.54) is 7.11 Å². The molecule has 27 heavy (non-hydrogen) atoms. The van der Waals surface area contributed by atoms with E-state index in [4.69, 9.17) is 4.74 Å². The number of esters is 1. The predicted molar refractivity (Wildman–Crippen MR) is 109 cm³/mol. The van der Waals surface area contributed by atoms with Gasteiger partial charge in [0.05, 0.1) is 19.2 Å². The molecule has 0 spiro atoms. The van der Waals surface area contributed by atoms with Crippen LogP contribution in [0, 0.1) is 0 Å². The van der Waals surface area contributed by atoms with Gasteiger partial charge in [-0.2, -0.15) is 11.3 Å². The van der Waals surface area contributed by atoms with Crippen molar-refractivity contribution in [3.8, 4) is 0 Å². The Bertz CT molecular complexity index is 740.